The highest BCUT2D eigenvalue weighted by Crippen LogP contribution is 2.30. The highest BCUT2D eigenvalue weighted by atomic mass is 35.5. The van der Waals surface area contributed by atoms with Crippen molar-refractivity contribution in [2.45, 2.75) is 37.5 Å². The molecule has 2 aromatic carbocycles. The van der Waals surface area contributed by atoms with Crippen molar-refractivity contribution in [3.05, 3.63) is 52.5 Å². The molecule has 156 valence electrons. The number of ether oxygens (including phenoxy) is 1. The normalized spacial score (nSPS) is 15.6. The average molecular weight is 437 g/mol. The molecule has 1 N–H and O–H groups in total. The van der Waals surface area contributed by atoms with Crippen LogP contribution in [0.3, 0.4) is 0 Å². The van der Waals surface area contributed by atoms with E-state index in [1.165, 1.54) is 23.5 Å². The summed E-state index contributed by atoms with van der Waals surface area (Å²) in [7, 11) is -2.34. The molecule has 29 heavy (non-hydrogen) atoms. The fourth-order valence-electron chi connectivity index (χ4n) is 3.38. The number of hydrogen-bond acceptors (Lipinski definition) is 4. The maximum atomic E-state index is 13.2. The summed E-state index contributed by atoms with van der Waals surface area (Å²) in [6.45, 7) is 2.76. The van der Waals surface area contributed by atoms with Crippen molar-refractivity contribution >= 4 is 33.2 Å². The highest BCUT2D eigenvalue weighted by Gasteiger charge is 2.29. The van der Waals surface area contributed by atoms with E-state index in [1.807, 2.05) is 0 Å². The summed E-state index contributed by atoms with van der Waals surface area (Å²) in [5.41, 5.74) is 1.56. The van der Waals surface area contributed by atoms with Crippen LogP contribution in [0.2, 0.25) is 5.02 Å². The monoisotopic (exact) mass is 436 g/mol. The maximum Gasteiger partial charge on any atom is 0.255 e. The Balaban J connectivity index is 1.94. The van der Waals surface area contributed by atoms with E-state index in [4.69, 9.17) is 16.3 Å². The molecule has 0 atom stereocenters. The van der Waals surface area contributed by atoms with E-state index in [0.29, 0.717) is 23.8 Å². The van der Waals surface area contributed by atoms with Crippen LogP contribution in [-0.4, -0.2) is 38.8 Å². The van der Waals surface area contributed by atoms with E-state index in [-0.39, 0.29) is 16.2 Å². The van der Waals surface area contributed by atoms with Crippen LogP contribution in [0, 0.1) is 6.92 Å². The number of carbonyl (C=O) groups is 1. The van der Waals surface area contributed by atoms with Gasteiger partial charge in [-0.15, -0.1) is 0 Å². The van der Waals surface area contributed by atoms with Gasteiger partial charge in [-0.05, 0) is 55.7 Å². The molecule has 2 aromatic rings. The van der Waals surface area contributed by atoms with Gasteiger partial charge in [-0.1, -0.05) is 30.5 Å². The first-order valence-electron chi connectivity index (χ1n) is 9.59. The first kappa shape index (κ1) is 21.6. The quantitative estimate of drug-likeness (QED) is 0.750. The third-order valence-corrected chi connectivity index (χ3v) is 7.45. The number of nitrogens with zero attached hydrogens (tertiary/aromatic N) is 1. The number of benzene rings is 2. The summed E-state index contributed by atoms with van der Waals surface area (Å²) in [5, 5.41) is 3.34. The lowest BCUT2D eigenvalue weighted by Crippen LogP contribution is -2.32. The molecule has 6 nitrogen and oxygen atoms in total. The van der Waals surface area contributed by atoms with Crippen molar-refractivity contribution in [1.29, 1.82) is 0 Å². The zero-order valence-electron chi connectivity index (χ0n) is 16.6. The Morgan fingerprint density at radius 1 is 1.10 bits per heavy atom. The molecular weight excluding hydrogens is 412 g/mol. The number of carbonyl (C=O) groups excluding carboxylic acids is 1. The summed E-state index contributed by atoms with van der Waals surface area (Å²) in [4.78, 5) is 12.8. The molecule has 0 bridgehead atoms. The second kappa shape index (κ2) is 9.15. The summed E-state index contributed by atoms with van der Waals surface area (Å²) in [6.07, 6.45) is 3.70. The minimum absolute atomic E-state index is 0.0115. The fraction of sp³-hybridized carbons (Fsp3) is 0.381. The van der Waals surface area contributed by atoms with E-state index in [9.17, 15) is 13.2 Å². The third-order valence-electron chi connectivity index (χ3n) is 5.12. The van der Waals surface area contributed by atoms with Crippen LogP contribution in [0.5, 0.6) is 5.75 Å². The van der Waals surface area contributed by atoms with Crippen molar-refractivity contribution in [2.24, 2.45) is 0 Å². The molecule has 0 unspecified atom stereocenters. The smallest absolute Gasteiger partial charge is 0.255 e. The van der Waals surface area contributed by atoms with Gasteiger partial charge in [0.05, 0.1) is 7.11 Å². The molecule has 1 heterocycles. The van der Waals surface area contributed by atoms with Crippen molar-refractivity contribution in [3.63, 3.8) is 0 Å². The van der Waals surface area contributed by atoms with Crippen molar-refractivity contribution in [2.75, 3.05) is 25.5 Å². The van der Waals surface area contributed by atoms with Gasteiger partial charge in [0.2, 0.25) is 10.0 Å². The molecule has 1 aliphatic rings. The number of hydrogen-bond donors (Lipinski definition) is 1. The number of sulfonamides is 1. The zero-order chi connectivity index (χ0) is 21.0. The van der Waals surface area contributed by atoms with Crippen LogP contribution in [0.4, 0.5) is 5.69 Å². The lowest BCUT2D eigenvalue weighted by atomic mass is 10.1. The molecule has 3 rings (SSSR count). The molecule has 0 radical (unpaired) electrons. The minimum Gasteiger partial charge on any atom is -0.495 e. The Hall–Kier alpha value is -2.09. The summed E-state index contributed by atoms with van der Waals surface area (Å²) >= 11 is 6.11. The second-order valence-electron chi connectivity index (χ2n) is 7.05. The summed E-state index contributed by atoms with van der Waals surface area (Å²) < 4.78 is 33.3. The molecule has 1 saturated heterocycles. The van der Waals surface area contributed by atoms with Gasteiger partial charge in [0.1, 0.15) is 10.6 Å². The Morgan fingerprint density at radius 2 is 1.79 bits per heavy atom. The predicted molar refractivity (Wildman–Crippen MR) is 114 cm³/mol. The van der Waals surface area contributed by atoms with Crippen LogP contribution in [0.15, 0.2) is 41.3 Å². The van der Waals surface area contributed by atoms with E-state index in [2.05, 4.69) is 5.32 Å². The second-order valence-corrected chi connectivity index (χ2v) is 9.36. The predicted octanol–water partition coefficient (Wildman–Crippen LogP) is 4.47. The number of amides is 1. The zero-order valence-corrected chi connectivity index (χ0v) is 18.1. The summed E-state index contributed by atoms with van der Waals surface area (Å²) in [5.74, 6) is -0.185. The van der Waals surface area contributed by atoms with Crippen LogP contribution in [0.1, 0.15) is 41.6 Å². The standard InChI is InChI=1S/C21H25ClN2O4S/c1-15-17(22)8-7-9-18(15)23-21(25)16-10-11-19(28-2)20(14-16)29(26,27)24-12-5-3-4-6-13-24/h7-11,14H,3-6,12-13H2,1-2H3,(H,23,25). The Bertz CT molecular complexity index is 1000. The molecule has 0 aromatic heterocycles. The van der Waals surface area contributed by atoms with Gasteiger partial charge in [-0.25, -0.2) is 8.42 Å². The molecule has 8 heteroatoms. The largest absolute Gasteiger partial charge is 0.495 e. The highest BCUT2D eigenvalue weighted by molar-refractivity contribution is 7.89. The molecule has 1 fully saturated rings. The fourth-order valence-corrected chi connectivity index (χ4v) is 5.25. The molecular formula is C21H25ClN2O4S. The van der Waals surface area contributed by atoms with E-state index in [0.717, 1.165) is 31.2 Å². The topological polar surface area (TPSA) is 75.7 Å². The lowest BCUT2D eigenvalue weighted by molar-refractivity contribution is 0.102. The van der Waals surface area contributed by atoms with Crippen molar-refractivity contribution < 1.29 is 17.9 Å². The molecule has 0 saturated carbocycles. The van der Waals surface area contributed by atoms with Gasteiger partial charge >= 0.3 is 0 Å². The van der Waals surface area contributed by atoms with Crippen LogP contribution < -0.4 is 10.1 Å². The van der Waals surface area contributed by atoms with Crippen LogP contribution >= 0.6 is 11.6 Å². The van der Waals surface area contributed by atoms with E-state index >= 15 is 0 Å². The number of halogens is 1. The number of rotatable bonds is 5. The van der Waals surface area contributed by atoms with Gasteiger partial charge in [-0.2, -0.15) is 4.31 Å². The molecule has 0 spiro atoms. The first-order valence-corrected chi connectivity index (χ1v) is 11.4. The van der Waals surface area contributed by atoms with Crippen LogP contribution in [-0.2, 0) is 10.0 Å². The Morgan fingerprint density at radius 3 is 2.45 bits per heavy atom. The van der Waals surface area contributed by atoms with Gasteiger partial charge in [0.25, 0.3) is 5.91 Å². The van der Waals surface area contributed by atoms with Gasteiger partial charge in [0.15, 0.2) is 0 Å². The Kier molecular flexibility index (Phi) is 6.82. The summed E-state index contributed by atoms with van der Waals surface area (Å²) in [6, 6.07) is 9.69. The Labute approximate surface area is 176 Å². The van der Waals surface area contributed by atoms with Crippen LogP contribution in [0.25, 0.3) is 0 Å². The third kappa shape index (κ3) is 4.74. The van der Waals surface area contributed by atoms with Crippen molar-refractivity contribution in [1.82, 2.24) is 4.31 Å². The first-order chi connectivity index (χ1) is 13.8. The van der Waals surface area contributed by atoms with Gasteiger partial charge < -0.3 is 10.1 Å². The molecule has 1 aliphatic heterocycles. The maximum absolute atomic E-state index is 13.2. The van der Waals surface area contributed by atoms with E-state index in [1.54, 1.807) is 31.2 Å². The number of methoxy groups -OCH3 is 1. The number of anilines is 1. The molecule has 1 amide bonds. The van der Waals surface area contributed by atoms with E-state index < -0.39 is 15.9 Å². The minimum atomic E-state index is -3.76. The van der Waals surface area contributed by atoms with Gasteiger partial charge in [-0.3, -0.25) is 4.79 Å². The van der Waals surface area contributed by atoms with Crippen molar-refractivity contribution in [3.8, 4) is 5.75 Å². The lowest BCUT2D eigenvalue weighted by Gasteiger charge is -2.21. The van der Waals surface area contributed by atoms with Gasteiger partial charge in [0, 0.05) is 29.4 Å². The molecule has 0 aliphatic carbocycles. The average Bonchev–Trinajstić information content (AvgIpc) is 3.01. The SMILES string of the molecule is COc1ccc(C(=O)Nc2cccc(Cl)c2C)cc1S(=O)(=O)N1CCCCCC1. The number of nitrogens with one attached hydrogen (secondary N) is 1.